The van der Waals surface area contributed by atoms with E-state index in [1.165, 1.54) is 17.2 Å². The summed E-state index contributed by atoms with van der Waals surface area (Å²) in [5.41, 5.74) is -0.142. The predicted octanol–water partition coefficient (Wildman–Crippen LogP) is -0.518. The fourth-order valence-corrected chi connectivity index (χ4v) is 15.9. The van der Waals surface area contributed by atoms with Crippen LogP contribution in [0.25, 0.3) is 32.9 Å². The summed E-state index contributed by atoms with van der Waals surface area (Å²) >= 11 is 4.23. The number of hydrogen-bond acceptors (Lipinski definition) is 9. The summed E-state index contributed by atoms with van der Waals surface area (Å²) in [4.78, 5) is 30.1. The van der Waals surface area contributed by atoms with E-state index in [0.29, 0.717) is 22.0 Å². The van der Waals surface area contributed by atoms with Crippen molar-refractivity contribution < 1.29 is 70.8 Å². The molecule has 2 unspecified atom stereocenters. The molecule has 10 nitrogen and oxygen atoms in total. The fourth-order valence-electron chi connectivity index (χ4n) is 6.93. The van der Waals surface area contributed by atoms with Gasteiger partial charge in [-0.05, 0) is 0 Å². The standard InChI is InChI=1S/C33H29ClF3I2N7O3/c1-18(35)31(48)44-17-38-46(39-24(44)9-12-40)30-22-14-41-28(21-5-2-4-19-6-7-23(36)26(34)25(19)21)27(37)29(22)42-32(43-30)49-16-33-10-3-13-45(33)20(15-47)8-11-33/h2,4-7,14,20,24,47H,1,3,8-11,13,15-17H2/q-2/t20?,24-,33?/m0/s1. The second-order valence-corrected chi connectivity index (χ2v) is 19.5. The van der Waals surface area contributed by atoms with Crippen LogP contribution in [-0.2, 0) is 4.79 Å². The van der Waals surface area contributed by atoms with Crippen LogP contribution in [0.1, 0.15) is 32.1 Å². The van der Waals surface area contributed by atoms with E-state index >= 15 is 4.39 Å². The summed E-state index contributed by atoms with van der Waals surface area (Å²) in [6.45, 7) is 4.30. The normalized spacial score (nSPS) is 22.8. The molecule has 3 fully saturated rings. The fraction of sp³-hybridized carbons (Fsp3) is 0.364. The topological polar surface area (TPSA) is 119 Å². The first-order valence-electron chi connectivity index (χ1n) is 15.4. The van der Waals surface area contributed by atoms with Gasteiger partial charge in [-0.15, -0.1) is 0 Å². The van der Waals surface area contributed by atoms with Crippen LogP contribution in [-0.4, -0.2) is 75.7 Å². The molecule has 2 aromatic carbocycles. The van der Waals surface area contributed by atoms with E-state index in [2.05, 4.69) is 27.5 Å². The molecule has 258 valence electrons. The molecule has 3 saturated heterocycles. The zero-order valence-corrected chi connectivity index (χ0v) is 30.9. The minimum absolute atomic E-state index is 0.0154. The molecule has 3 aliphatic rings. The number of rotatable bonds is 8. The van der Waals surface area contributed by atoms with Crippen LogP contribution in [0.2, 0.25) is 5.02 Å². The predicted molar refractivity (Wildman–Crippen MR) is 168 cm³/mol. The van der Waals surface area contributed by atoms with Crippen molar-refractivity contribution in [1.82, 2.24) is 24.8 Å². The number of aromatic nitrogens is 3. The Morgan fingerprint density at radius 2 is 2.08 bits per heavy atom. The molecule has 3 aliphatic heterocycles. The second-order valence-electron chi connectivity index (χ2n) is 12.0. The maximum atomic E-state index is 16.8. The molecule has 16 heteroatoms. The number of carbonyl (C=O) groups excluding carboxylic acids is 1. The van der Waals surface area contributed by atoms with E-state index < -0.39 is 70.4 Å². The zero-order chi connectivity index (χ0) is 34.4. The number of nitriles is 1. The van der Waals surface area contributed by atoms with Crippen molar-refractivity contribution >= 4 is 45.0 Å². The van der Waals surface area contributed by atoms with Crippen molar-refractivity contribution in [2.75, 3.05) is 25.6 Å². The van der Waals surface area contributed by atoms with Gasteiger partial charge in [0.25, 0.3) is 0 Å². The number of aliphatic hydroxyl groups is 1. The molecule has 5 heterocycles. The van der Waals surface area contributed by atoms with Crippen LogP contribution < -0.4 is 49.0 Å². The van der Waals surface area contributed by atoms with Gasteiger partial charge in [-0.25, -0.2) is 0 Å². The Kier molecular flexibility index (Phi) is 9.78. The molecule has 2 aromatic heterocycles. The number of halogens is 6. The van der Waals surface area contributed by atoms with Gasteiger partial charge in [0.2, 0.25) is 0 Å². The summed E-state index contributed by atoms with van der Waals surface area (Å²) in [6.07, 6.45) is 4.97. The molecule has 7 rings (SSSR count). The molecular formula is C33H29ClF3I2N7O3-2. The van der Waals surface area contributed by atoms with Gasteiger partial charge in [-0.3, -0.25) is 0 Å². The van der Waals surface area contributed by atoms with Gasteiger partial charge in [0.1, 0.15) is 0 Å². The average Bonchev–Trinajstić information content (AvgIpc) is 3.68. The Labute approximate surface area is 306 Å². The van der Waals surface area contributed by atoms with Crippen LogP contribution in [0, 0.1) is 23.0 Å². The van der Waals surface area contributed by atoms with Crippen LogP contribution in [0.15, 0.2) is 48.9 Å². The Bertz CT molecular complexity index is 2040. The van der Waals surface area contributed by atoms with Crippen molar-refractivity contribution in [2.24, 2.45) is 0 Å². The maximum absolute atomic E-state index is 16.8. The zero-order valence-electron chi connectivity index (χ0n) is 25.9. The molecule has 0 bridgehead atoms. The van der Waals surface area contributed by atoms with E-state index in [1.54, 1.807) is 24.3 Å². The summed E-state index contributed by atoms with van der Waals surface area (Å²) in [5, 5.41) is 20.6. The molecule has 0 spiro atoms. The van der Waals surface area contributed by atoms with Gasteiger partial charge < -0.3 is 0 Å². The Balaban J connectivity index is 1.33. The van der Waals surface area contributed by atoms with E-state index in [9.17, 15) is 23.9 Å². The summed E-state index contributed by atoms with van der Waals surface area (Å²) in [7, 11) is 0. The van der Waals surface area contributed by atoms with Crippen molar-refractivity contribution in [2.45, 2.75) is 47.7 Å². The number of nitrogens with zero attached hydrogens (tertiary/aromatic N) is 7. The van der Waals surface area contributed by atoms with Crippen LogP contribution >= 0.6 is 11.6 Å². The molecular weight excluding hydrogens is 889 g/mol. The summed E-state index contributed by atoms with van der Waals surface area (Å²) in [6, 6.07) is 10.00. The number of amides is 1. The third kappa shape index (κ3) is 6.17. The first-order valence-corrected chi connectivity index (χ1v) is 20.5. The number of hydrogen-bond donors (Lipinski definition) is 1. The van der Waals surface area contributed by atoms with Gasteiger partial charge in [0, 0.05) is 0 Å². The average molecular weight is 918 g/mol. The Morgan fingerprint density at radius 3 is 2.86 bits per heavy atom. The van der Waals surface area contributed by atoms with Gasteiger partial charge in [-0.1, -0.05) is 0 Å². The van der Waals surface area contributed by atoms with Crippen LogP contribution in [0.4, 0.5) is 19.0 Å². The molecule has 4 aromatic rings. The van der Waals surface area contributed by atoms with E-state index in [4.69, 9.17) is 21.3 Å². The Morgan fingerprint density at radius 1 is 1.24 bits per heavy atom. The summed E-state index contributed by atoms with van der Waals surface area (Å²) < 4.78 is 53.3. The van der Waals surface area contributed by atoms with Crippen LogP contribution in [0.3, 0.4) is 0 Å². The molecule has 3 atom stereocenters. The SMILES string of the molecule is C=C(F)C(=O)N1C[I-]N(c2nc(OCC34CCCN3C(CO)CC4)nc3c(F)c(-c4cccc5ccc(F)c(Cl)c45)ncc23)[I-][C@@H]1CC#N. The number of carbonyl (C=O) groups is 1. The number of alkyl halides is 2. The van der Waals surface area contributed by atoms with Gasteiger partial charge >= 0.3 is 308 Å². The molecule has 1 amide bonds. The van der Waals surface area contributed by atoms with Crippen molar-refractivity contribution in [3.63, 3.8) is 0 Å². The van der Waals surface area contributed by atoms with Crippen molar-refractivity contribution in [3.05, 3.63) is 65.6 Å². The number of benzene rings is 2. The van der Waals surface area contributed by atoms with E-state index in [-0.39, 0.29) is 63.6 Å². The minimum atomic E-state index is -1.16. The van der Waals surface area contributed by atoms with E-state index in [0.717, 1.165) is 32.2 Å². The Hall–Kier alpha value is -3.05. The number of aliphatic hydroxyl groups excluding tert-OH is 1. The van der Waals surface area contributed by atoms with Crippen molar-refractivity contribution in [1.29, 1.82) is 5.26 Å². The number of fused-ring (bicyclic) bond motifs is 3. The monoisotopic (exact) mass is 917 g/mol. The molecule has 1 N–H and O–H groups in total. The molecule has 0 radical (unpaired) electrons. The second kappa shape index (κ2) is 13.9. The third-order valence-electron chi connectivity index (χ3n) is 9.29. The number of pyridine rings is 1. The van der Waals surface area contributed by atoms with Gasteiger partial charge in [0.05, 0.1) is 0 Å². The molecule has 49 heavy (non-hydrogen) atoms. The van der Waals surface area contributed by atoms with Gasteiger partial charge in [-0.2, -0.15) is 0 Å². The van der Waals surface area contributed by atoms with Crippen LogP contribution in [0.5, 0.6) is 6.01 Å². The molecule has 0 aliphatic carbocycles. The van der Waals surface area contributed by atoms with E-state index in [1.807, 2.05) is 1.33 Å². The third-order valence-corrected chi connectivity index (χ3v) is 17.6. The quantitative estimate of drug-likeness (QED) is 0.0821. The number of ether oxygens (including phenoxy) is 1. The first-order chi connectivity index (χ1) is 23.7. The first kappa shape index (κ1) is 34.4. The molecule has 0 saturated carbocycles. The van der Waals surface area contributed by atoms with Gasteiger partial charge in [0.15, 0.2) is 0 Å². The number of anilines is 1. The van der Waals surface area contributed by atoms with Crippen molar-refractivity contribution in [3.8, 4) is 23.3 Å². The summed E-state index contributed by atoms with van der Waals surface area (Å²) in [5.74, 6) is -2.97.